The van der Waals surface area contributed by atoms with E-state index in [0.717, 1.165) is 18.0 Å². The molecule has 0 radical (unpaired) electrons. The molecule has 0 amide bonds. The maximum Gasteiger partial charge on any atom is 0.00891 e. The quantitative estimate of drug-likeness (QED) is 0.562. The van der Waals surface area contributed by atoms with Crippen LogP contribution in [0.3, 0.4) is 0 Å². The lowest BCUT2D eigenvalue weighted by Crippen LogP contribution is -2.10. The fraction of sp³-hybridized carbons (Fsp3) is 0.600. The van der Waals surface area contributed by atoms with Gasteiger partial charge in [0.2, 0.25) is 0 Å². The van der Waals surface area contributed by atoms with Gasteiger partial charge in [-0.3, -0.25) is 0 Å². The summed E-state index contributed by atoms with van der Waals surface area (Å²) in [6, 6.07) is 0. The van der Waals surface area contributed by atoms with E-state index >= 15 is 0 Å². The average Bonchev–Trinajstić information content (AvgIpc) is 2.34. The fourth-order valence-corrected chi connectivity index (χ4v) is 2.28. The molecule has 0 spiro atoms. The van der Waals surface area contributed by atoms with Crippen molar-refractivity contribution >= 4 is 0 Å². The van der Waals surface area contributed by atoms with Crippen molar-refractivity contribution in [3.8, 4) is 0 Å². The number of nitrogens with two attached hydrogens (primary N) is 1. The van der Waals surface area contributed by atoms with Crippen molar-refractivity contribution < 1.29 is 0 Å². The van der Waals surface area contributed by atoms with Crippen LogP contribution in [0.15, 0.2) is 22.9 Å². The van der Waals surface area contributed by atoms with Crippen LogP contribution in [0, 0.1) is 5.92 Å². The van der Waals surface area contributed by atoms with E-state index in [-0.39, 0.29) is 0 Å². The molecule has 0 aliphatic heterocycles. The molecule has 1 heteroatoms. The highest BCUT2D eigenvalue weighted by molar-refractivity contribution is 5.37. The molecule has 0 heterocycles. The summed E-state index contributed by atoms with van der Waals surface area (Å²) < 4.78 is 0. The van der Waals surface area contributed by atoms with Gasteiger partial charge in [-0.2, -0.15) is 0 Å². The number of hydrogen-bond acceptors (Lipinski definition) is 1. The Morgan fingerprint density at radius 3 is 3.09 bits per heavy atom. The molecular weight excluding hydrogens is 134 g/mol. The number of hydrogen-bond donors (Lipinski definition) is 1. The summed E-state index contributed by atoms with van der Waals surface area (Å²) in [7, 11) is 0. The van der Waals surface area contributed by atoms with Gasteiger partial charge in [0.15, 0.2) is 0 Å². The van der Waals surface area contributed by atoms with Gasteiger partial charge >= 0.3 is 0 Å². The van der Waals surface area contributed by atoms with Crippen molar-refractivity contribution in [1.82, 2.24) is 0 Å². The predicted molar refractivity (Wildman–Crippen MR) is 46.9 cm³/mol. The normalized spacial score (nSPS) is 30.3. The Bertz CT molecular complexity index is 235. The number of rotatable bonds is 0. The molecule has 2 rings (SSSR count). The first-order valence-electron chi connectivity index (χ1n) is 4.45. The van der Waals surface area contributed by atoms with Crippen molar-refractivity contribution in [2.45, 2.75) is 32.6 Å². The lowest BCUT2D eigenvalue weighted by atomic mass is 9.88. The molecule has 1 nitrogen and oxygen atoms in total. The van der Waals surface area contributed by atoms with Gasteiger partial charge in [-0.05, 0) is 43.3 Å². The molecule has 11 heavy (non-hydrogen) atoms. The Balaban J connectivity index is 2.33. The Morgan fingerprint density at radius 2 is 2.27 bits per heavy atom. The van der Waals surface area contributed by atoms with E-state index in [2.05, 4.69) is 13.0 Å². The second-order valence-corrected chi connectivity index (χ2v) is 3.73. The Morgan fingerprint density at radius 1 is 1.45 bits per heavy atom. The second-order valence-electron chi connectivity index (χ2n) is 3.73. The van der Waals surface area contributed by atoms with Gasteiger partial charge in [0.05, 0.1) is 0 Å². The summed E-state index contributed by atoms with van der Waals surface area (Å²) in [6.07, 6.45) is 7.21. The zero-order valence-corrected chi connectivity index (χ0v) is 7.06. The predicted octanol–water partition coefficient (Wildman–Crippen LogP) is 2.35. The lowest BCUT2D eigenvalue weighted by molar-refractivity contribution is 0.634. The average molecular weight is 149 g/mol. The molecule has 0 aromatic carbocycles. The molecule has 60 valence electrons. The van der Waals surface area contributed by atoms with Crippen molar-refractivity contribution in [2.75, 3.05) is 0 Å². The first kappa shape index (κ1) is 6.96. The van der Waals surface area contributed by atoms with Crippen LogP contribution in [0.5, 0.6) is 0 Å². The van der Waals surface area contributed by atoms with Crippen LogP contribution in [-0.4, -0.2) is 0 Å². The van der Waals surface area contributed by atoms with Crippen molar-refractivity contribution in [3.05, 3.63) is 22.9 Å². The third-order valence-corrected chi connectivity index (χ3v) is 2.80. The van der Waals surface area contributed by atoms with Gasteiger partial charge in [0.25, 0.3) is 0 Å². The highest BCUT2D eigenvalue weighted by Crippen LogP contribution is 2.37. The van der Waals surface area contributed by atoms with Crippen molar-refractivity contribution in [1.29, 1.82) is 0 Å². The van der Waals surface area contributed by atoms with E-state index in [0.29, 0.717) is 0 Å². The van der Waals surface area contributed by atoms with Crippen LogP contribution in [0.25, 0.3) is 0 Å². The van der Waals surface area contributed by atoms with Gasteiger partial charge in [0.1, 0.15) is 0 Å². The van der Waals surface area contributed by atoms with E-state index in [1.165, 1.54) is 19.3 Å². The van der Waals surface area contributed by atoms with E-state index in [9.17, 15) is 0 Å². The van der Waals surface area contributed by atoms with Crippen LogP contribution in [-0.2, 0) is 0 Å². The fourth-order valence-electron chi connectivity index (χ4n) is 2.28. The van der Waals surface area contributed by atoms with Crippen LogP contribution in [0.2, 0.25) is 0 Å². The largest absolute Gasteiger partial charge is 0.402 e. The van der Waals surface area contributed by atoms with Gasteiger partial charge in [-0.15, -0.1) is 0 Å². The zero-order chi connectivity index (χ0) is 7.84. The van der Waals surface area contributed by atoms with Crippen LogP contribution in [0.4, 0.5) is 0 Å². The van der Waals surface area contributed by atoms with Crippen molar-refractivity contribution in [3.63, 3.8) is 0 Å². The Labute approximate surface area is 68.0 Å². The standard InChI is InChI=1S/C10H15N/c1-7-5-9(11)6-8-3-2-4-10(7)8/h6-7H,2-5,11H2,1H3. The summed E-state index contributed by atoms with van der Waals surface area (Å²) in [5, 5.41) is 0. The summed E-state index contributed by atoms with van der Waals surface area (Å²) in [6.45, 7) is 2.29. The minimum Gasteiger partial charge on any atom is -0.402 e. The maximum atomic E-state index is 5.81. The summed E-state index contributed by atoms with van der Waals surface area (Å²) in [4.78, 5) is 0. The van der Waals surface area contributed by atoms with Crippen LogP contribution >= 0.6 is 0 Å². The second kappa shape index (κ2) is 2.40. The molecule has 2 aliphatic rings. The number of allylic oxidation sites excluding steroid dienone is 4. The SMILES string of the molecule is CC1CC(N)=CC2=C1CCC2. The van der Waals surface area contributed by atoms with E-state index in [1.54, 1.807) is 11.1 Å². The summed E-state index contributed by atoms with van der Waals surface area (Å²) in [5.74, 6) is 0.720. The third kappa shape index (κ3) is 1.09. The molecule has 1 atom stereocenters. The Kier molecular flexibility index (Phi) is 1.52. The molecule has 0 saturated carbocycles. The van der Waals surface area contributed by atoms with Gasteiger partial charge < -0.3 is 5.73 Å². The van der Waals surface area contributed by atoms with Crippen LogP contribution in [0.1, 0.15) is 32.6 Å². The van der Waals surface area contributed by atoms with E-state index < -0.39 is 0 Å². The van der Waals surface area contributed by atoms with E-state index in [4.69, 9.17) is 5.73 Å². The van der Waals surface area contributed by atoms with Gasteiger partial charge in [-0.25, -0.2) is 0 Å². The summed E-state index contributed by atoms with van der Waals surface area (Å²) >= 11 is 0. The van der Waals surface area contributed by atoms with Gasteiger partial charge in [-0.1, -0.05) is 12.5 Å². The molecule has 0 bridgehead atoms. The lowest BCUT2D eigenvalue weighted by Gasteiger charge is -2.19. The minimum absolute atomic E-state index is 0.720. The monoisotopic (exact) mass is 149 g/mol. The smallest absolute Gasteiger partial charge is 0.00891 e. The first-order valence-corrected chi connectivity index (χ1v) is 4.45. The molecule has 0 saturated heterocycles. The first-order chi connectivity index (χ1) is 5.27. The Hall–Kier alpha value is -0.720. The van der Waals surface area contributed by atoms with Gasteiger partial charge in [0, 0.05) is 5.70 Å². The highest BCUT2D eigenvalue weighted by atomic mass is 14.6. The summed E-state index contributed by atoms with van der Waals surface area (Å²) in [5.41, 5.74) is 10.1. The molecule has 0 fully saturated rings. The molecular formula is C10H15N. The molecule has 2 aliphatic carbocycles. The minimum atomic E-state index is 0.720. The third-order valence-electron chi connectivity index (χ3n) is 2.80. The molecule has 2 N–H and O–H groups in total. The van der Waals surface area contributed by atoms with E-state index in [1.807, 2.05) is 0 Å². The topological polar surface area (TPSA) is 26.0 Å². The maximum absolute atomic E-state index is 5.81. The molecule has 0 aromatic heterocycles. The molecule has 0 aromatic rings. The molecule has 1 unspecified atom stereocenters. The van der Waals surface area contributed by atoms with Crippen LogP contribution < -0.4 is 5.73 Å². The highest BCUT2D eigenvalue weighted by Gasteiger charge is 2.22. The zero-order valence-electron chi connectivity index (χ0n) is 7.06. The van der Waals surface area contributed by atoms with Crippen molar-refractivity contribution in [2.24, 2.45) is 11.7 Å².